The SMILES string of the molecule is CCS(=O)(=O)N1CCN(c2cc(N)c(N3CCN(C(=O)CC(F)(F)F)[C@H](C4CC4)C3)nc2C2CC2)CC1. The van der Waals surface area contributed by atoms with E-state index in [-0.39, 0.29) is 24.3 Å². The number of nitrogens with zero attached hydrogens (tertiary/aromatic N) is 5. The van der Waals surface area contributed by atoms with Crippen molar-refractivity contribution >= 4 is 33.1 Å². The average Bonchev–Trinajstić information content (AvgIpc) is 3.76. The molecule has 0 unspecified atom stereocenters. The number of carbonyl (C=O) groups is 1. The molecule has 206 valence electrons. The Labute approximate surface area is 215 Å². The van der Waals surface area contributed by atoms with E-state index in [2.05, 4.69) is 4.90 Å². The summed E-state index contributed by atoms with van der Waals surface area (Å²) in [6.45, 7) is 4.61. The van der Waals surface area contributed by atoms with E-state index in [0.717, 1.165) is 37.1 Å². The fourth-order valence-corrected chi connectivity index (χ4v) is 6.63. The summed E-state index contributed by atoms with van der Waals surface area (Å²) < 4.78 is 64.7. The van der Waals surface area contributed by atoms with Gasteiger partial charge < -0.3 is 20.4 Å². The van der Waals surface area contributed by atoms with Crippen LogP contribution in [-0.4, -0.2) is 92.3 Å². The summed E-state index contributed by atoms with van der Waals surface area (Å²) in [5.41, 5.74) is 8.90. The van der Waals surface area contributed by atoms with Crippen molar-refractivity contribution in [2.45, 2.75) is 57.2 Å². The van der Waals surface area contributed by atoms with Crippen molar-refractivity contribution < 1.29 is 26.4 Å². The van der Waals surface area contributed by atoms with Crippen molar-refractivity contribution in [2.75, 3.05) is 67.1 Å². The highest BCUT2D eigenvalue weighted by atomic mass is 32.2. The Hall–Kier alpha value is -2.28. The molecular formula is C24H35F3N6O3S. The van der Waals surface area contributed by atoms with Crippen LogP contribution in [0.5, 0.6) is 0 Å². The lowest BCUT2D eigenvalue weighted by molar-refractivity contribution is -0.163. The molecule has 9 nitrogen and oxygen atoms in total. The normalized spacial score (nSPS) is 24.0. The molecule has 2 N–H and O–H groups in total. The molecule has 2 aliphatic heterocycles. The van der Waals surface area contributed by atoms with Crippen LogP contribution in [0.4, 0.5) is 30.4 Å². The van der Waals surface area contributed by atoms with Crippen LogP contribution < -0.4 is 15.5 Å². The Kier molecular flexibility index (Phi) is 6.97. The second-order valence-corrected chi connectivity index (χ2v) is 12.9. The zero-order valence-electron chi connectivity index (χ0n) is 21.1. The molecular weight excluding hydrogens is 509 g/mol. The molecule has 4 fully saturated rings. The topological polar surface area (TPSA) is 103 Å². The van der Waals surface area contributed by atoms with Crippen LogP contribution >= 0.6 is 0 Å². The van der Waals surface area contributed by atoms with Gasteiger partial charge in [-0.1, -0.05) is 0 Å². The number of sulfonamides is 1. The number of hydrogen-bond acceptors (Lipinski definition) is 7. The lowest BCUT2D eigenvalue weighted by atomic mass is 10.1. The molecule has 13 heteroatoms. The lowest BCUT2D eigenvalue weighted by Crippen LogP contribution is -2.57. The van der Waals surface area contributed by atoms with E-state index >= 15 is 0 Å². The number of halogens is 3. The number of alkyl halides is 3. The fourth-order valence-electron chi connectivity index (χ4n) is 5.54. The summed E-state index contributed by atoms with van der Waals surface area (Å²) >= 11 is 0. The predicted molar refractivity (Wildman–Crippen MR) is 135 cm³/mol. The smallest absolute Gasteiger partial charge is 0.396 e. The maximum absolute atomic E-state index is 12.9. The summed E-state index contributed by atoms with van der Waals surface area (Å²) in [6, 6.07) is 1.65. The standard InChI is InChI=1S/C24H35F3N6O3S/c1-2-37(35,36)32-10-7-30(8-11-32)19-13-18(28)23(29-22(19)17-5-6-17)31-9-12-33(20(15-31)16-3-4-16)21(34)14-24(25,26)27/h13,16-17,20H,2-12,14-15,28H2,1H3/t20-/m0/s1. The number of piperazine rings is 2. The van der Waals surface area contributed by atoms with Gasteiger partial charge in [0.1, 0.15) is 6.42 Å². The van der Waals surface area contributed by atoms with Crippen LogP contribution in [0.2, 0.25) is 0 Å². The number of carbonyl (C=O) groups excluding carboxylic acids is 1. The number of rotatable bonds is 7. The molecule has 3 heterocycles. The van der Waals surface area contributed by atoms with Crippen LogP contribution in [0.25, 0.3) is 0 Å². The average molecular weight is 545 g/mol. The maximum Gasteiger partial charge on any atom is 0.397 e. The summed E-state index contributed by atoms with van der Waals surface area (Å²) in [6.07, 6.45) is -2.08. The van der Waals surface area contributed by atoms with Crippen LogP contribution in [0.15, 0.2) is 6.07 Å². The van der Waals surface area contributed by atoms with Gasteiger partial charge in [-0.25, -0.2) is 13.4 Å². The first kappa shape index (κ1) is 26.3. The van der Waals surface area contributed by atoms with Crippen molar-refractivity contribution in [1.29, 1.82) is 0 Å². The molecule has 4 aliphatic rings. The molecule has 0 radical (unpaired) electrons. The molecule has 2 saturated carbocycles. The molecule has 1 aromatic rings. The number of amides is 1. The van der Waals surface area contributed by atoms with Gasteiger partial charge in [0.15, 0.2) is 5.82 Å². The third-order valence-corrected chi connectivity index (χ3v) is 9.78. The van der Waals surface area contributed by atoms with Crippen molar-refractivity contribution in [2.24, 2.45) is 5.92 Å². The number of aromatic nitrogens is 1. The molecule has 1 amide bonds. The molecule has 2 aliphatic carbocycles. The fraction of sp³-hybridized carbons (Fsp3) is 0.750. The molecule has 2 saturated heterocycles. The van der Waals surface area contributed by atoms with Crippen molar-refractivity contribution in [3.8, 4) is 0 Å². The lowest BCUT2D eigenvalue weighted by Gasteiger charge is -2.43. The molecule has 5 rings (SSSR count). The summed E-state index contributed by atoms with van der Waals surface area (Å²) in [5, 5.41) is 0. The number of hydrogen-bond donors (Lipinski definition) is 1. The van der Waals surface area contributed by atoms with Crippen LogP contribution in [0.3, 0.4) is 0 Å². The van der Waals surface area contributed by atoms with Crippen LogP contribution in [0, 0.1) is 5.92 Å². The van der Waals surface area contributed by atoms with Gasteiger partial charge >= 0.3 is 6.18 Å². The van der Waals surface area contributed by atoms with E-state index < -0.39 is 28.5 Å². The van der Waals surface area contributed by atoms with Gasteiger partial charge in [-0.15, -0.1) is 0 Å². The second-order valence-electron chi connectivity index (χ2n) is 10.6. The third-order valence-electron chi connectivity index (χ3n) is 7.90. The van der Waals surface area contributed by atoms with E-state index in [1.54, 1.807) is 6.92 Å². The van der Waals surface area contributed by atoms with Crippen molar-refractivity contribution in [3.63, 3.8) is 0 Å². The van der Waals surface area contributed by atoms with Gasteiger partial charge in [0.2, 0.25) is 15.9 Å². The monoisotopic (exact) mass is 544 g/mol. The minimum absolute atomic E-state index is 0.0838. The van der Waals surface area contributed by atoms with Gasteiger partial charge in [-0.3, -0.25) is 4.79 Å². The zero-order chi connectivity index (χ0) is 26.5. The highest BCUT2D eigenvalue weighted by molar-refractivity contribution is 7.89. The minimum atomic E-state index is -4.52. The van der Waals surface area contributed by atoms with Gasteiger partial charge in [0.25, 0.3) is 0 Å². The number of anilines is 3. The largest absolute Gasteiger partial charge is 0.397 e. The maximum atomic E-state index is 12.9. The van der Waals surface area contributed by atoms with Gasteiger partial charge in [0, 0.05) is 51.7 Å². The van der Waals surface area contributed by atoms with Gasteiger partial charge in [0.05, 0.1) is 28.9 Å². The quantitative estimate of drug-likeness (QED) is 0.562. The first-order chi connectivity index (χ1) is 17.5. The highest BCUT2D eigenvalue weighted by Crippen LogP contribution is 2.46. The first-order valence-corrected chi connectivity index (χ1v) is 14.7. The zero-order valence-corrected chi connectivity index (χ0v) is 21.9. The number of nitrogens with two attached hydrogens (primary N) is 1. The summed E-state index contributed by atoms with van der Waals surface area (Å²) in [7, 11) is -3.23. The summed E-state index contributed by atoms with van der Waals surface area (Å²) in [4.78, 5) is 23.0. The molecule has 0 bridgehead atoms. The Bertz CT molecular complexity index is 1130. The van der Waals surface area contributed by atoms with Gasteiger partial charge in [-0.2, -0.15) is 17.5 Å². The highest BCUT2D eigenvalue weighted by Gasteiger charge is 2.44. The minimum Gasteiger partial charge on any atom is -0.396 e. The molecule has 1 aromatic heterocycles. The van der Waals surface area contributed by atoms with Crippen LogP contribution in [-0.2, 0) is 14.8 Å². The third kappa shape index (κ3) is 5.76. The molecule has 1 atom stereocenters. The summed E-state index contributed by atoms with van der Waals surface area (Å²) in [5.74, 6) is 0.384. The Morgan fingerprint density at radius 1 is 1.05 bits per heavy atom. The molecule has 37 heavy (non-hydrogen) atoms. The Morgan fingerprint density at radius 3 is 2.27 bits per heavy atom. The van der Waals surface area contributed by atoms with Crippen molar-refractivity contribution in [1.82, 2.24) is 14.2 Å². The second kappa shape index (κ2) is 9.79. The predicted octanol–water partition coefficient (Wildman–Crippen LogP) is 2.39. The number of pyridine rings is 1. The first-order valence-electron chi connectivity index (χ1n) is 13.1. The molecule has 0 aromatic carbocycles. The van der Waals surface area contributed by atoms with E-state index in [1.807, 2.05) is 11.0 Å². The van der Waals surface area contributed by atoms with E-state index in [0.29, 0.717) is 56.7 Å². The number of nitrogen functional groups attached to an aromatic ring is 1. The van der Waals surface area contributed by atoms with E-state index in [9.17, 15) is 26.4 Å². The van der Waals surface area contributed by atoms with Gasteiger partial charge in [-0.05, 0) is 44.6 Å². The van der Waals surface area contributed by atoms with E-state index in [4.69, 9.17) is 10.7 Å². The van der Waals surface area contributed by atoms with E-state index in [1.165, 1.54) is 9.21 Å². The molecule has 0 spiro atoms. The van der Waals surface area contributed by atoms with Crippen molar-refractivity contribution in [3.05, 3.63) is 11.8 Å². The van der Waals surface area contributed by atoms with Crippen LogP contribution in [0.1, 0.15) is 50.6 Å². The Morgan fingerprint density at radius 2 is 1.70 bits per heavy atom. The Balaban J connectivity index is 1.34.